The Labute approximate surface area is 114 Å². The molecular weight excluding hydrogens is 244 g/mol. The topological polar surface area (TPSA) is 47.9 Å². The SMILES string of the molecule is CCCOC1C(O)CC1Oc1ccccc1OCC. The van der Waals surface area contributed by atoms with Gasteiger partial charge >= 0.3 is 0 Å². The minimum Gasteiger partial charge on any atom is -0.490 e. The monoisotopic (exact) mass is 266 g/mol. The van der Waals surface area contributed by atoms with E-state index in [1.54, 1.807) is 0 Å². The van der Waals surface area contributed by atoms with Crippen molar-refractivity contribution in [3.8, 4) is 11.5 Å². The van der Waals surface area contributed by atoms with Crippen LogP contribution in [0.25, 0.3) is 0 Å². The van der Waals surface area contributed by atoms with Crippen molar-refractivity contribution in [2.24, 2.45) is 0 Å². The molecule has 0 spiro atoms. The van der Waals surface area contributed by atoms with Crippen molar-refractivity contribution in [1.82, 2.24) is 0 Å². The van der Waals surface area contributed by atoms with Gasteiger partial charge < -0.3 is 19.3 Å². The first-order valence-corrected chi connectivity index (χ1v) is 6.94. The molecule has 0 aliphatic heterocycles. The van der Waals surface area contributed by atoms with Gasteiger partial charge in [-0.25, -0.2) is 0 Å². The second kappa shape index (κ2) is 6.78. The van der Waals surface area contributed by atoms with Crippen LogP contribution >= 0.6 is 0 Å². The average molecular weight is 266 g/mol. The number of benzene rings is 1. The van der Waals surface area contributed by atoms with Crippen LogP contribution < -0.4 is 9.47 Å². The molecule has 3 atom stereocenters. The van der Waals surface area contributed by atoms with E-state index in [0.717, 1.165) is 12.2 Å². The van der Waals surface area contributed by atoms with Crippen molar-refractivity contribution < 1.29 is 19.3 Å². The van der Waals surface area contributed by atoms with E-state index in [9.17, 15) is 5.11 Å². The molecule has 0 amide bonds. The van der Waals surface area contributed by atoms with Crippen LogP contribution in [0, 0.1) is 0 Å². The molecule has 1 aromatic carbocycles. The Kier molecular flexibility index (Phi) is 5.05. The van der Waals surface area contributed by atoms with E-state index >= 15 is 0 Å². The summed E-state index contributed by atoms with van der Waals surface area (Å²) >= 11 is 0. The fourth-order valence-electron chi connectivity index (χ4n) is 2.13. The van der Waals surface area contributed by atoms with Crippen molar-refractivity contribution >= 4 is 0 Å². The molecule has 1 saturated carbocycles. The summed E-state index contributed by atoms with van der Waals surface area (Å²) in [6.45, 7) is 5.24. The molecule has 106 valence electrons. The number of hydrogen-bond acceptors (Lipinski definition) is 4. The van der Waals surface area contributed by atoms with E-state index in [1.165, 1.54) is 0 Å². The lowest BCUT2D eigenvalue weighted by atomic mass is 9.88. The van der Waals surface area contributed by atoms with Gasteiger partial charge in [-0.2, -0.15) is 0 Å². The van der Waals surface area contributed by atoms with Crippen LogP contribution in [-0.4, -0.2) is 36.6 Å². The summed E-state index contributed by atoms with van der Waals surface area (Å²) in [5.41, 5.74) is 0. The van der Waals surface area contributed by atoms with Crippen LogP contribution in [0.4, 0.5) is 0 Å². The Hall–Kier alpha value is -1.26. The molecule has 1 aromatic rings. The van der Waals surface area contributed by atoms with Gasteiger partial charge in [-0.1, -0.05) is 19.1 Å². The van der Waals surface area contributed by atoms with Crippen molar-refractivity contribution in [1.29, 1.82) is 0 Å². The van der Waals surface area contributed by atoms with Crippen molar-refractivity contribution in [2.75, 3.05) is 13.2 Å². The highest BCUT2D eigenvalue weighted by atomic mass is 16.6. The van der Waals surface area contributed by atoms with E-state index in [1.807, 2.05) is 38.1 Å². The largest absolute Gasteiger partial charge is 0.490 e. The molecule has 1 aliphatic rings. The second-order valence-electron chi connectivity index (χ2n) is 4.67. The molecular formula is C15H22O4. The maximum atomic E-state index is 9.72. The average Bonchev–Trinajstić information content (AvgIpc) is 2.41. The fourth-order valence-corrected chi connectivity index (χ4v) is 2.13. The lowest BCUT2D eigenvalue weighted by Crippen LogP contribution is -2.55. The zero-order chi connectivity index (χ0) is 13.7. The molecule has 0 radical (unpaired) electrons. The summed E-state index contributed by atoms with van der Waals surface area (Å²) in [5, 5.41) is 9.72. The molecule has 1 fully saturated rings. The van der Waals surface area contributed by atoms with Crippen molar-refractivity contribution in [3.05, 3.63) is 24.3 Å². The molecule has 19 heavy (non-hydrogen) atoms. The summed E-state index contributed by atoms with van der Waals surface area (Å²) < 4.78 is 17.0. The van der Waals surface area contributed by atoms with Gasteiger partial charge in [0.1, 0.15) is 12.2 Å². The van der Waals surface area contributed by atoms with Crippen LogP contribution in [0.1, 0.15) is 26.7 Å². The third-order valence-corrected chi connectivity index (χ3v) is 3.16. The quantitative estimate of drug-likeness (QED) is 0.823. The second-order valence-corrected chi connectivity index (χ2v) is 4.67. The van der Waals surface area contributed by atoms with Gasteiger partial charge in [0, 0.05) is 13.0 Å². The first-order valence-electron chi connectivity index (χ1n) is 6.94. The predicted molar refractivity (Wildman–Crippen MR) is 72.7 cm³/mol. The molecule has 1 aliphatic carbocycles. The summed E-state index contributed by atoms with van der Waals surface area (Å²) in [6.07, 6.45) is 0.800. The predicted octanol–water partition coefficient (Wildman–Crippen LogP) is 2.39. The molecule has 0 heterocycles. The Bertz CT molecular complexity index is 393. The number of aliphatic hydroxyl groups is 1. The Morgan fingerprint density at radius 1 is 1.21 bits per heavy atom. The Morgan fingerprint density at radius 2 is 1.95 bits per heavy atom. The molecule has 0 aromatic heterocycles. The van der Waals surface area contributed by atoms with Crippen LogP contribution in [0.2, 0.25) is 0 Å². The van der Waals surface area contributed by atoms with Crippen molar-refractivity contribution in [2.45, 2.75) is 45.0 Å². The van der Waals surface area contributed by atoms with Gasteiger partial charge in [-0.3, -0.25) is 0 Å². The molecule has 4 nitrogen and oxygen atoms in total. The van der Waals surface area contributed by atoms with E-state index in [0.29, 0.717) is 25.4 Å². The minimum atomic E-state index is -0.421. The lowest BCUT2D eigenvalue weighted by molar-refractivity contribution is -0.162. The number of para-hydroxylation sites is 2. The highest BCUT2D eigenvalue weighted by Gasteiger charge is 2.43. The van der Waals surface area contributed by atoms with Gasteiger partial charge in [0.05, 0.1) is 12.7 Å². The summed E-state index contributed by atoms with van der Waals surface area (Å²) in [6, 6.07) is 7.59. The first kappa shape index (κ1) is 14.2. The maximum Gasteiger partial charge on any atom is 0.161 e. The normalized spacial score (nSPS) is 25.7. The van der Waals surface area contributed by atoms with E-state index in [-0.39, 0.29) is 12.2 Å². The highest BCUT2D eigenvalue weighted by molar-refractivity contribution is 5.39. The zero-order valence-corrected chi connectivity index (χ0v) is 11.5. The molecule has 0 bridgehead atoms. The third-order valence-electron chi connectivity index (χ3n) is 3.16. The van der Waals surface area contributed by atoms with E-state index < -0.39 is 6.10 Å². The van der Waals surface area contributed by atoms with Crippen molar-refractivity contribution in [3.63, 3.8) is 0 Å². The number of hydrogen-bond donors (Lipinski definition) is 1. The molecule has 1 N–H and O–H groups in total. The summed E-state index contributed by atoms with van der Waals surface area (Å²) in [4.78, 5) is 0. The van der Waals surface area contributed by atoms with Crippen LogP contribution in [0.15, 0.2) is 24.3 Å². The maximum absolute atomic E-state index is 9.72. The smallest absolute Gasteiger partial charge is 0.161 e. The van der Waals surface area contributed by atoms with E-state index in [4.69, 9.17) is 14.2 Å². The number of aliphatic hydroxyl groups excluding tert-OH is 1. The van der Waals surface area contributed by atoms with Gasteiger partial charge in [-0.15, -0.1) is 0 Å². The lowest BCUT2D eigenvalue weighted by Gasteiger charge is -2.40. The minimum absolute atomic E-state index is 0.0943. The zero-order valence-electron chi connectivity index (χ0n) is 11.5. The van der Waals surface area contributed by atoms with Crippen LogP contribution in [-0.2, 0) is 4.74 Å². The third kappa shape index (κ3) is 3.39. The van der Waals surface area contributed by atoms with Gasteiger partial charge in [-0.05, 0) is 25.5 Å². The van der Waals surface area contributed by atoms with E-state index in [2.05, 4.69) is 0 Å². The Morgan fingerprint density at radius 3 is 2.58 bits per heavy atom. The van der Waals surface area contributed by atoms with Crippen LogP contribution in [0.5, 0.6) is 11.5 Å². The molecule has 0 saturated heterocycles. The number of rotatable bonds is 7. The van der Waals surface area contributed by atoms with Gasteiger partial charge in [0.25, 0.3) is 0 Å². The first-order chi connectivity index (χ1) is 9.26. The molecule has 2 rings (SSSR count). The summed E-state index contributed by atoms with van der Waals surface area (Å²) in [7, 11) is 0. The van der Waals surface area contributed by atoms with Gasteiger partial charge in [0.15, 0.2) is 11.5 Å². The fraction of sp³-hybridized carbons (Fsp3) is 0.600. The summed E-state index contributed by atoms with van der Waals surface area (Å²) in [5.74, 6) is 1.45. The van der Waals surface area contributed by atoms with Crippen LogP contribution in [0.3, 0.4) is 0 Å². The number of ether oxygens (including phenoxy) is 3. The Balaban J connectivity index is 1.97. The standard InChI is InChI=1S/C15H22O4/c1-3-9-18-15-11(16)10-14(15)19-13-8-6-5-7-12(13)17-4-2/h5-8,11,14-16H,3-4,9-10H2,1-2H3. The van der Waals surface area contributed by atoms with Gasteiger partial charge in [0.2, 0.25) is 0 Å². The molecule has 3 unspecified atom stereocenters. The molecule has 4 heteroatoms. The highest BCUT2D eigenvalue weighted by Crippen LogP contribution is 2.33.